The van der Waals surface area contributed by atoms with Gasteiger partial charge in [0, 0.05) is 29.4 Å². The Morgan fingerprint density at radius 2 is 2.00 bits per heavy atom. The first-order valence-corrected chi connectivity index (χ1v) is 8.44. The third kappa shape index (κ3) is 3.62. The minimum absolute atomic E-state index is 0.0727. The fourth-order valence-corrected chi connectivity index (χ4v) is 3.17. The average molecular weight is 381 g/mol. The molecule has 0 saturated carbocycles. The Kier molecular flexibility index (Phi) is 4.97. The molecule has 0 spiro atoms. The zero-order valence-electron chi connectivity index (χ0n) is 13.4. The van der Waals surface area contributed by atoms with Gasteiger partial charge in [-0.15, -0.1) is 0 Å². The minimum atomic E-state index is -0.557. The van der Waals surface area contributed by atoms with E-state index in [4.69, 9.17) is 23.2 Å². The maximum absolute atomic E-state index is 13.2. The summed E-state index contributed by atoms with van der Waals surface area (Å²) in [4.78, 5) is 26.3. The first kappa shape index (κ1) is 17.7. The summed E-state index contributed by atoms with van der Waals surface area (Å²) in [5.41, 5.74) is 1.89. The summed E-state index contributed by atoms with van der Waals surface area (Å²) >= 11 is 11.8. The first-order chi connectivity index (χ1) is 11.9. The predicted molar refractivity (Wildman–Crippen MR) is 96.7 cm³/mol. The summed E-state index contributed by atoms with van der Waals surface area (Å²) in [6.07, 6.45) is 0.104. The fraction of sp³-hybridized carbons (Fsp3) is 0.222. The van der Waals surface area contributed by atoms with Gasteiger partial charge in [0.2, 0.25) is 11.8 Å². The summed E-state index contributed by atoms with van der Waals surface area (Å²) in [6.45, 7) is 2.10. The molecule has 25 heavy (non-hydrogen) atoms. The predicted octanol–water partition coefficient (Wildman–Crippen LogP) is 4.43. The van der Waals surface area contributed by atoms with Crippen molar-refractivity contribution in [3.05, 3.63) is 57.8 Å². The number of anilines is 2. The van der Waals surface area contributed by atoms with E-state index in [-0.39, 0.29) is 29.8 Å². The second kappa shape index (κ2) is 7.02. The van der Waals surface area contributed by atoms with Crippen LogP contribution in [0.25, 0.3) is 0 Å². The van der Waals surface area contributed by atoms with Crippen LogP contribution in [-0.4, -0.2) is 18.4 Å². The Morgan fingerprint density at radius 3 is 2.72 bits per heavy atom. The number of nitrogens with one attached hydrogen (secondary N) is 1. The number of benzene rings is 2. The molecule has 1 heterocycles. The van der Waals surface area contributed by atoms with Crippen LogP contribution in [0.4, 0.5) is 15.8 Å². The van der Waals surface area contributed by atoms with Gasteiger partial charge in [-0.05, 0) is 42.8 Å². The second-order valence-corrected chi connectivity index (χ2v) is 6.72. The lowest BCUT2D eigenvalue weighted by Gasteiger charge is -2.19. The van der Waals surface area contributed by atoms with Gasteiger partial charge in [0.05, 0.1) is 10.9 Å². The average Bonchev–Trinajstić information content (AvgIpc) is 2.95. The lowest BCUT2D eigenvalue weighted by molar-refractivity contribution is -0.122. The van der Waals surface area contributed by atoms with Crippen molar-refractivity contribution < 1.29 is 14.0 Å². The number of carbonyl (C=O) groups excluding carboxylic acids is 2. The number of hydrogen-bond acceptors (Lipinski definition) is 2. The van der Waals surface area contributed by atoms with Crippen LogP contribution < -0.4 is 10.2 Å². The molecular weight excluding hydrogens is 366 g/mol. The molecule has 0 aliphatic carbocycles. The Hall–Kier alpha value is -2.11. The van der Waals surface area contributed by atoms with Crippen molar-refractivity contribution in [1.82, 2.24) is 0 Å². The van der Waals surface area contributed by atoms with E-state index in [1.807, 2.05) is 6.92 Å². The largest absolute Gasteiger partial charge is 0.326 e. The molecule has 0 aromatic heterocycles. The molecule has 130 valence electrons. The zero-order valence-corrected chi connectivity index (χ0v) is 14.9. The van der Waals surface area contributed by atoms with E-state index in [0.29, 0.717) is 16.4 Å². The summed E-state index contributed by atoms with van der Waals surface area (Å²) in [7, 11) is 0. The number of rotatable bonds is 3. The summed E-state index contributed by atoms with van der Waals surface area (Å²) < 4.78 is 13.2. The van der Waals surface area contributed by atoms with Gasteiger partial charge in [0.25, 0.3) is 0 Å². The van der Waals surface area contributed by atoms with Crippen LogP contribution in [0.5, 0.6) is 0 Å². The highest BCUT2D eigenvalue weighted by atomic mass is 35.5. The van der Waals surface area contributed by atoms with Gasteiger partial charge in [0.1, 0.15) is 5.82 Å². The lowest BCUT2D eigenvalue weighted by Crippen LogP contribution is -2.28. The Labute approximate surface area is 154 Å². The highest BCUT2D eigenvalue weighted by Gasteiger charge is 2.35. The van der Waals surface area contributed by atoms with Crippen molar-refractivity contribution in [2.24, 2.45) is 5.92 Å². The lowest BCUT2D eigenvalue weighted by atomic mass is 10.1. The smallest absolute Gasteiger partial charge is 0.229 e. The maximum Gasteiger partial charge on any atom is 0.229 e. The molecule has 1 aliphatic heterocycles. The van der Waals surface area contributed by atoms with Crippen LogP contribution in [0.3, 0.4) is 0 Å². The Balaban J connectivity index is 1.74. The van der Waals surface area contributed by atoms with Crippen molar-refractivity contribution in [3.63, 3.8) is 0 Å². The van der Waals surface area contributed by atoms with E-state index < -0.39 is 11.7 Å². The third-order valence-corrected chi connectivity index (χ3v) is 4.91. The van der Waals surface area contributed by atoms with Crippen molar-refractivity contribution in [3.8, 4) is 0 Å². The van der Waals surface area contributed by atoms with E-state index in [1.54, 1.807) is 23.1 Å². The number of amides is 2. The number of hydrogen-bond donors (Lipinski definition) is 1. The van der Waals surface area contributed by atoms with Gasteiger partial charge in [-0.3, -0.25) is 9.59 Å². The van der Waals surface area contributed by atoms with Crippen molar-refractivity contribution in [2.75, 3.05) is 16.8 Å². The van der Waals surface area contributed by atoms with E-state index in [2.05, 4.69) is 5.32 Å². The van der Waals surface area contributed by atoms with Crippen molar-refractivity contribution in [1.29, 1.82) is 0 Å². The van der Waals surface area contributed by atoms with Crippen LogP contribution in [0.2, 0.25) is 10.0 Å². The van der Waals surface area contributed by atoms with Crippen LogP contribution in [0.15, 0.2) is 36.4 Å². The molecule has 2 amide bonds. The first-order valence-electron chi connectivity index (χ1n) is 7.68. The van der Waals surface area contributed by atoms with Crippen LogP contribution in [0, 0.1) is 18.7 Å². The topological polar surface area (TPSA) is 49.4 Å². The zero-order chi connectivity index (χ0) is 18.1. The van der Waals surface area contributed by atoms with E-state index in [9.17, 15) is 14.0 Å². The van der Waals surface area contributed by atoms with Crippen LogP contribution in [0.1, 0.15) is 12.0 Å². The summed E-state index contributed by atoms with van der Waals surface area (Å²) in [5.74, 6) is -1.51. The molecule has 0 radical (unpaired) electrons. The van der Waals surface area contributed by atoms with Crippen LogP contribution >= 0.6 is 23.2 Å². The Bertz CT molecular complexity index is 857. The molecule has 0 bridgehead atoms. The molecule has 4 nitrogen and oxygen atoms in total. The number of halogens is 3. The molecule has 1 atom stereocenters. The summed E-state index contributed by atoms with van der Waals surface area (Å²) in [6, 6.07) is 9.27. The molecule has 2 aromatic carbocycles. The van der Waals surface area contributed by atoms with Gasteiger partial charge in [0.15, 0.2) is 0 Å². The third-order valence-electron chi connectivity index (χ3n) is 4.21. The molecule has 1 aliphatic rings. The highest BCUT2D eigenvalue weighted by molar-refractivity contribution is 6.32. The number of nitrogens with zero attached hydrogens (tertiary/aromatic N) is 1. The molecule has 1 fully saturated rings. The normalized spacial score (nSPS) is 17.0. The molecule has 1 N–H and O–H groups in total. The van der Waals surface area contributed by atoms with E-state index in [0.717, 1.165) is 5.56 Å². The second-order valence-electron chi connectivity index (χ2n) is 5.91. The van der Waals surface area contributed by atoms with E-state index >= 15 is 0 Å². The Morgan fingerprint density at radius 1 is 1.24 bits per heavy atom. The SMILES string of the molecule is Cc1c(Cl)cccc1N1C[C@@H](C(=O)Nc2ccc(F)c(Cl)c2)CC1=O. The highest BCUT2D eigenvalue weighted by Crippen LogP contribution is 2.32. The van der Waals surface area contributed by atoms with Crippen LogP contribution in [-0.2, 0) is 9.59 Å². The van der Waals surface area contributed by atoms with Gasteiger partial charge in [-0.2, -0.15) is 0 Å². The van der Waals surface area contributed by atoms with Gasteiger partial charge < -0.3 is 10.2 Å². The molecule has 3 rings (SSSR count). The fourth-order valence-electron chi connectivity index (χ4n) is 2.82. The number of carbonyl (C=O) groups is 2. The quantitative estimate of drug-likeness (QED) is 0.855. The van der Waals surface area contributed by atoms with Gasteiger partial charge >= 0.3 is 0 Å². The minimum Gasteiger partial charge on any atom is -0.326 e. The van der Waals surface area contributed by atoms with Crippen molar-refractivity contribution >= 4 is 46.4 Å². The molecule has 1 saturated heterocycles. The van der Waals surface area contributed by atoms with E-state index in [1.165, 1.54) is 18.2 Å². The molecule has 2 aromatic rings. The van der Waals surface area contributed by atoms with Gasteiger partial charge in [-0.1, -0.05) is 29.3 Å². The maximum atomic E-state index is 13.2. The molecular formula is C18H15Cl2FN2O2. The molecule has 0 unspecified atom stereocenters. The van der Waals surface area contributed by atoms with Crippen molar-refractivity contribution in [2.45, 2.75) is 13.3 Å². The standard InChI is InChI=1S/C18H15Cl2FN2O2/c1-10-13(19)3-2-4-16(10)23-9-11(7-17(23)24)18(25)22-12-5-6-15(21)14(20)8-12/h2-6,8,11H,7,9H2,1H3,(H,22,25)/t11-/m0/s1. The summed E-state index contributed by atoms with van der Waals surface area (Å²) in [5, 5.41) is 3.17. The molecule has 7 heteroatoms. The monoisotopic (exact) mass is 380 g/mol. The van der Waals surface area contributed by atoms with Gasteiger partial charge in [-0.25, -0.2) is 4.39 Å².